The molecular formula is C17H15N3O2. The van der Waals surface area contributed by atoms with Crippen molar-refractivity contribution in [2.75, 3.05) is 5.32 Å². The third kappa shape index (κ3) is 3.73. The first kappa shape index (κ1) is 13.9. The molecule has 0 aliphatic carbocycles. The van der Waals surface area contributed by atoms with Crippen molar-refractivity contribution in [3.8, 4) is 0 Å². The average molecular weight is 293 g/mol. The lowest BCUT2D eigenvalue weighted by atomic mass is 10.2. The summed E-state index contributed by atoms with van der Waals surface area (Å²) in [4.78, 5) is 11.9. The molecule has 2 heterocycles. The fraction of sp³-hybridized carbons (Fsp3) is 0.0588. The third-order valence-corrected chi connectivity index (χ3v) is 3.04. The molecule has 5 nitrogen and oxygen atoms in total. The predicted octanol–water partition coefficient (Wildman–Crippen LogP) is 3.18. The molecule has 2 aromatic heterocycles. The second-order valence-electron chi connectivity index (χ2n) is 4.74. The van der Waals surface area contributed by atoms with Gasteiger partial charge in [-0.1, -0.05) is 12.1 Å². The topological polar surface area (TPSA) is 60.1 Å². The lowest BCUT2D eigenvalue weighted by molar-refractivity contribution is -0.111. The SMILES string of the molecule is O=C(C=Cc1ccco1)Nc1cccc(Cn2cccn2)c1. The molecule has 110 valence electrons. The molecule has 0 saturated carbocycles. The summed E-state index contributed by atoms with van der Waals surface area (Å²) in [5.41, 5.74) is 1.82. The average Bonchev–Trinajstić information content (AvgIpc) is 3.19. The number of nitrogens with one attached hydrogen (secondary N) is 1. The van der Waals surface area contributed by atoms with Gasteiger partial charge in [-0.05, 0) is 42.0 Å². The van der Waals surface area contributed by atoms with Gasteiger partial charge in [0.05, 0.1) is 12.8 Å². The fourth-order valence-corrected chi connectivity index (χ4v) is 2.06. The van der Waals surface area contributed by atoms with Crippen molar-refractivity contribution in [3.05, 3.63) is 78.5 Å². The van der Waals surface area contributed by atoms with Crippen molar-refractivity contribution in [1.29, 1.82) is 0 Å². The highest BCUT2D eigenvalue weighted by Gasteiger charge is 2.01. The number of benzene rings is 1. The van der Waals surface area contributed by atoms with Crippen LogP contribution in [0.15, 0.2) is 71.6 Å². The maximum absolute atomic E-state index is 11.9. The highest BCUT2D eigenvalue weighted by atomic mass is 16.3. The molecular weight excluding hydrogens is 278 g/mol. The van der Waals surface area contributed by atoms with E-state index in [0.717, 1.165) is 11.3 Å². The molecule has 3 aromatic rings. The molecule has 1 amide bonds. The van der Waals surface area contributed by atoms with Gasteiger partial charge in [-0.15, -0.1) is 0 Å². The van der Waals surface area contributed by atoms with E-state index in [-0.39, 0.29) is 5.91 Å². The van der Waals surface area contributed by atoms with Gasteiger partial charge in [-0.3, -0.25) is 9.48 Å². The summed E-state index contributed by atoms with van der Waals surface area (Å²) >= 11 is 0. The molecule has 0 saturated heterocycles. The van der Waals surface area contributed by atoms with E-state index in [1.165, 1.54) is 6.08 Å². The van der Waals surface area contributed by atoms with E-state index in [9.17, 15) is 4.79 Å². The van der Waals surface area contributed by atoms with Crippen molar-refractivity contribution in [2.24, 2.45) is 0 Å². The Morgan fingerprint density at radius 3 is 3.00 bits per heavy atom. The predicted molar refractivity (Wildman–Crippen MR) is 84.1 cm³/mol. The number of amides is 1. The minimum Gasteiger partial charge on any atom is -0.465 e. The van der Waals surface area contributed by atoms with Crippen molar-refractivity contribution < 1.29 is 9.21 Å². The summed E-state index contributed by atoms with van der Waals surface area (Å²) < 4.78 is 6.97. The molecule has 0 radical (unpaired) electrons. The zero-order valence-corrected chi connectivity index (χ0v) is 11.8. The van der Waals surface area contributed by atoms with Gasteiger partial charge >= 0.3 is 0 Å². The van der Waals surface area contributed by atoms with Gasteiger partial charge in [0, 0.05) is 24.2 Å². The standard InChI is InChI=1S/C17H15N3O2/c21-17(8-7-16-6-2-11-22-16)19-15-5-1-4-14(12-15)13-20-10-3-9-18-20/h1-12H,13H2,(H,19,21). The minimum absolute atomic E-state index is 0.201. The summed E-state index contributed by atoms with van der Waals surface area (Å²) in [7, 11) is 0. The first-order valence-electron chi connectivity index (χ1n) is 6.88. The van der Waals surface area contributed by atoms with Gasteiger partial charge in [-0.2, -0.15) is 5.10 Å². The molecule has 1 aromatic carbocycles. The van der Waals surface area contributed by atoms with E-state index >= 15 is 0 Å². The smallest absolute Gasteiger partial charge is 0.248 e. The number of aromatic nitrogens is 2. The summed E-state index contributed by atoms with van der Waals surface area (Å²) in [6.45, 7) is 0.666. The van der Waals surface area contributed by atoms with Gasteiger partial charge < -0.3 is 9.73 Å². The van der Waals surface area contributed by atoms with Crippen LogP contribution in [0.2, 0.25) is 0 Å². The number of rotatable bonds is 5. The number of carbonyl (C=O) groups excluding carboxylic acids is 1. The Bertz CT molecular complexity index is 759. The third-order valence-electron chi connectivity index (χ3n) is 3.04. The van der Waals surface area contributed by atoms with Gasteiger partial charge in [-0.25, -0.2) is 0 Å². The monoisotopic (exact) mass is 293 g/mol. The summed E-state index contributed by atoms with van der Waals surface area (Å²) in [5, 5.41) is 7.00. The van der Waals surface area contributed by atoms with Crippen molar-refractivity contribution in [3.63, 3.8) is 0 Å². The van der Waals surface area contributed by atoms with E-state index in [2.05, 4.69) is 10.4 Å². The lowest BCUT2D eigenvalue weighted by Crippen LogP contribution is -2.08. The van der Waals surface area contributed by atoms with Crippen LogP contribution in [0.3, 0.4) is 0 Å². The summed E-state index contributed by atoms with van der Waals surface area (Å²) in [6, 6.07) is 13.1. The number of carbonyl (C=O) groups is 1. The highest BCUT2D eigenvalue weighted by molar-refractivity contribution is 6.01. The normalized spacial score (nSPS) is 10.9. The summed E-state index contributed by atoms with van der Waals surface area (Å²) in [5.74, 6) is 0.440. The molecule has 0 bridgehead atoms. The van der Waals surface area contributed by atoms with Crippen LogP contribution < -0.4 is 5.32 Å². The molecule has 1 N–H and O–H groups in total. The van der Waals surface area contributed by atoms with Gasteiger partial charge in [0.2, 0.25) is 5.91 Å². The van der Waals surface area contributed by atoms with E-state index in [0.29, 0.717) is 12.3 Å². The quantitative estimate of drug-likeness (QED) is 0.735. The number of hydrogen-bond acceptors (Lipinski definition) is 3. The van der Waals surface area contributed by atoms with E-state index in [1.54, 1.807) is 30.7 Å². The van der Waals surface area contributed by atoms with Gasteiger partial charge in [0.15, 0.2) is 0 Å². The first-order chi connectivity index (χ1) is 10.8. The second kappa shape index (κ2) is 6.58. The van der Waals surface area contributed by atoms with E-state index in [4.69, 9.17) is 4.42 Å². The first-order valence-corrected chi connectivity index (χ1v) is 6.88. The minimum atomic E-state index is -0.201. The van der Waals surface area contributed by atoms with Crippen LogP contribution in [0.4, 0.5) is 5.69 Å². The Hall–Kier alpha value is -3.08. The van der Waals surface area contributed by atoms with Gasteiger partial charge in [0.25, 0.3) is 0 Å². The Balaban J connectivity index is 1.63. The van der Waals surface area contributed by atoms with Crippen LogP contribution in [0.1, 0.15) is 11.3 Å². The molecule has 0 aliphatic rings. The van der Waals surface area contributed by atoms with Crippen LogP contribution in [0, 0.1) is 0 Å². The lowest BCUT2D eigenvalue weighted by Gasteiger charge is -2.06. The van der Waals surface area contributed by atoms with E-state index in [1.807, 2.05) is 41.2 Å². The number of nitrogens with zero attached hydrogens (tertiary/aromatic N) is 2. The highest BCUT2D eigenvalue weighted by Crippen LogP contribution is 2.12. The van der Waals surface area contributed by atoms with Crippen LogP contribution in [0.5, 0.6) is 0 Å². The Morgan fingerprint density at radius 2 is 2.23 bits per heavy atom. The maximum Gasteiger partial charge on any atom is 0.248 e. The van der Waals surface area contributed by atoms with Crippen molar-refractivity contribution in [1.82, 2.24) is 9.78 Å². The zero-order valence-electron chi connectivity index (χ0n) is 11.8. The molecule has 22 heavy (non-hydrogen) atoms. The number of anilines is 1. The second-order valence-corrected chi connectivity index (χ2v) is 4.74. The molecule has 3 rings (SSSR count). The summed E-state index contributed by atoms with van der Waals surface area (Å²) in [6.07, 6.45) is 8.28. The zero-order chi connectivity index (χ0) is 15.2. The van der Waals surface area contributed by atoms with Crippen molar-refractivity contribution >= 4 is 17.7 Å². The Morgan fingerprint density at radius 1 is 1.27 bits per heavy atom. The van der Waals surface area contributed by atoms with E-state index < -0.39 is 0 Å². The maximum atomic E-state index is 11.9. The molecule has 0 fully saturated rings. The van der Waals surface area contributed by atoms with Crippen LogP contribution in [-0.2, 0) is 11.3 Å². The molecule has 5 heteroatoms. The van der Waals surface area contributed by atoms with Crippen LogP contribution >= 0.6 is 0 Å². The molecule has 0 spiro atoms. The van der Waals surface area contributed by atoms with Crippen LogP contribution in [0.25, 0.3) is 6.08 Å². The van der Waals surface area contributed by atoms with Gasteiger partial charge in [0.1, 0.15) is 5.76 Å². The Kier molecular flexibility index (Phi) is 4.15. The number of hydrogen-bond donors (Lipinski definition) is 1. The molecule has 0 aliphatic heterocycles. The van der Waals surface area contributed by atoms with Crippen molar-refractivity contribution in [2.45, 2.75) is 6.54 Å². The Labute approximate surface area is 127 Å². The molecule has 0 unspecified atom stereocenters. The number of furan rings is 1. The van der Waals surface area contributed by atoms with Crippen LogP contribution in [-0.4, -0.2) is 15.7 Å². The fourth-order valence-electron chi connectivity index (χ4n) is 2.06. The largest absolute Gasteiger partial charge is 0.465 e. The molecule has 0 atom stereocenters.